The van der Waals surface area contributed by atoms with Gasteiger partial charge in [0.1, 0.15) is 6.10 Å². The third kappa shape index (κ3) is 5.31. The van der Waals surface area contributed by atoms with Gasteiger partial charge in [0.2, 0.25) is 0 Å². The first-order valence-corrected chi connectivity index (χ1v) is 8.12. The molecule has 1 atom stereocenters. The Labute approximate surface area is 111 Å². The first kappa shape index (κ1) is 14.9. The Hall–Kier alpha value is -0.200. The van der Waals surface area contributed by atoms with Crippen molar-refractivity contribution in [1.82, 2.24) is 5.32 Å². The lowest BCUT2D eigenvalue weighted by atomic mass is 10.1. The van der Waals surface area contributed by atoms with Crippen LogP contribution >= 0.6 is 23.2 Å². The summed E-state index contributed by atoms with van der Waals surface area (Å²) in [5.74, 6) is 0.559. The zero-order valence-corrected chi connectivity index (χ0v) is 11.5. The van der Waals surface area contributed by atoms with Crippen LogP contribution in [0.25, 0.3) is 0 Å². The van der Waals surface area contributed by atoms with E-state index in [-0.39, 0.29) is 29.2 Å². The van der Waals surface area contributed by atoms with E-state index in [1.54, 1.807) is 0 Å². The molecule has 8 heteroatoms. The number of alkyl carbamates (subject to hydrolysis) is 1. The van der Waals surface area contributed by atoms with E-state index in [1.807, 2.05) is 0 Å². The minimum atomic E-state index is -2.91. The molecule has 0 saturated carbocycles. The Bertz CT molecular complexity index is 356. The standard InChI is InChI=1S/C9H15Cl2NO4S/c10-3-8(4-11)16-9(13)12-5-7-1-2-17(14,15)6-7/h7-8H,1-6H2,(H,12,13)/t7-/m0/s1. The highest BCUT2D eigenvalue weighted by Crippen LogP contribution is 2.17. The number of sulfone groups is 1. The summed E-state index contributed by atoms with van der Waals surface area (Å²) in [5.41, 5.74) is 0. The molecule has 17 heavy (non-hydrogen) atoms. The number of alkyl halides is 2. The average molecular weight is 304 g/mol. The van der Waals surface area contributed by atoms with E-state index in [4.69, 9.17) is 27.9 Å². The second-order valence-electron chi connectivity index (χ2n) is 3.99. The molecule has 0 aromatic carbocycles. The molecule has 1 heterocycles. The quantitative estimate of drug-likeness (QED) is 0.769. The maximum Gasteiger partial charge on any atom is 0.407 e. The van der Waals surface area contributed by atoms with Gasteiger partial charge in [-0.1, -0.05) is 0 Å². The molecule has 0 unspecified atom stereocenters. The largest absolute Gasteiger partial charge is 0.444 e. The fourth-order valence-corrected chi connectivity index (χ4v) is 3.88. The number of ether oxygens (including phenoxy) is 1. The first-order chi connectivity index (χ1) is 7.96. The molecule has 0 aliphatic carbocycles. The summed E-state index contributed by atoms with van der Waals surface area (Å²) in [4.78, 5) is 11.3. The number of amides is 1. The molecular formula is C9H15Cl2NO4S. The molecular weight excluding hydrogens is 289 g/mol. The van der Waals surface area contributed by atoms with E-state index in [2.05, 4.69) is 5.32 Å². The number of hydrogen-bond donors (Lipinski definition) is 1. The summed E-state index contributed by atoms with van der Waals surface area (Å²) in [7, 11) is -2.91. The van der Waals surface area contributed by atoms with Crippen LogP contribution in [0.4, 0.5) is 4.79 Å². The van der Waals surface area contributed by atoms with Crippen molar-refractivity contribution in [1.29, 1.82) is 0 Å². The number of hydrogen-bond acceptors (Lipinski definition) is 4. The van der Waals surface area contributed by atoms with Crippen LogP contribution < -0.4 is 5.32 Å². The van der Waals surface area contributed by atoms with E-state index in [0.29, 0.717) is 13.0 Å². The smallest absolute Gasteiger partial charge is 0.407 e. The summed E-state index contributed by atoms with van der Waals surface area (Å²) in [6.45, 7) is 0.301. The Morgan fingerprint density at radius 2 is 2.06 bits per heavy atom. The van der Waals surface area contributed by atoms with Crippen molar-refractivity contribution in [3.8, 4) is 0 Å². The van der Waals surface area contributed by atoms with Crippen LogP contribution in [-0.2, 0) is 14.6 Å². The lowest BCUT2D eigenvalue weighted by Crippen LogP contribution is -2.34. The molecule has 0 aromatic heterocycles. The maximum atomic E-state index is 11.3. The Morgan fingerprint density at radius 3 is 2.53 bits per heavy atom. The predicted molar refractivity (Wildman–Crippen MR) is 66.5 cm³/mol. The van der Waals surface area contributed by atoms with Crippen LogP contribution in [0.2, 0.25) is 0 Å². The minimum absolute atomic E-state index is 0.0296. The van der Waals surface area contributed by atoms with Crippen molar-refractivity contribution in [2.75, 3.05) is 29.8 Å². The van der Waals surface area contributed by atoms with Gasteiger partial charge in [0, 0.05) is 6.54 Å². The molecule has 100 valence electrons. The summed E-state index contributed by atoms with van der Waals surface area (Å²) in [5, 5.41) is 2.52. The molecule has 1 aliphatic heterocycles. The molecule has 0 aromatic rings. The summed E-state index contributed by atoms with van der Waals surface area (Å²) in [6.07, 6.45) is -0.553. The third-order valence-electron chi connectivity index (χ3n) is 2.48. The Kier molecular flexibility index (Phi) is 5.82. The van der Waals surface area contributed by atoms with Crippen LogP contribution in [0.15, 0.2) is 0 Å². The second kappa shape index (κ2) is 6.66. The van der Waals surface area contributed by atoms with Gasteiger partial charge in [0.05, 0.1) is 23.3 Å². The third-order valence-corrected chi connectivity index (χ3v) is 5.01. The molecule has 1 amide bonds. The fourth-order valence-electron chi connectivity index (χ4n) is 1.56. The minimum Gasteiger partial charge on any atom is -0.444 e. The summed E-state index contributed by atoms with van der Waals surface area (Å²) < 4.78 is 27.3. The topological polar surface area (TPSA) is 72.5 Å². The highest BCUT2D eigenvalue weighted by Gasteiger charge is 2.28. The number of carbonyl (C=O) groups is 1. The summed E-state index contributed by atoms with van der Waals surface area (Å²) >= 11 is 11.0. The highest BCUT2D eigenvalue weighted by atomic mass is 35.5. The molecule has 1 fully saturated rings. The van der Waals surface area contributed by atoms with Crippen molar-refractivity contribution in [3.63, 3.8) is 0 Å². The van der Waals surface area contributed by atoms with Crippen LogP contribution in [0.1, 0.15) is 6.42 Å². The van der Waals surface area contributed by atoms with Crippen LogP contribution in [0.3, 0.4) is 0 Å². The van der Waals surface area contributed by atoms with E-state index < -0.39 is 22.0 Å². The SMILES string of the molecule is O=C(NC[C@@H]1CCS(=O)(=O)C1)OC(CCl)CCl. The predicted octanol–water partition coefficient (Wildman–Crippen LogP) is 0.994. The molecule has 0 bridgehead atoms. The van der Waals surface area contributed by atoms with Crippen LogP contribution in [-0.4, -0.2) is 50.4 Å². The van der Waals surface area contributed by atoms with Crippen molar-refractivity contribution < 1.29 is 17.9 Å². The number of rotatable bonds is 5. The van der Waals surface area contributed by atoms with Crippen LogP contribution in [0.5, 0.6) is 0 Å². The monoisotopic (exact) mass is 303 g/mol. The Morgan fingerprint density at radius 1 is 1.41 bits per heavy atom. The van der Waals surface area contributed by atoms with Gasteiger partial charge < -0.3 is 10.1 Å². The normalized spacial score (nSPS) is 22.6. The van der Waals surface area contributed by atoms with Gasteiger partial charge in [-0.2, -0.15) is 0 Å². The number of halogens is 2. The van der Waals surface area contributed by atoms with Crippen molar-refractivity contribution in [2.24, 2.45) is 5.92 Å². The summed E-state index contributed by atoms with van der Waals surface area (Å²) in [6, 6.07) is 0. The lowest BCUT2D eigenvalue weighted by molar-refractivity contribution is 0.117. The van der Waals surface area contributed by atoms with Gasteiger partial charge in [-0.3, -0.25) is 0 Å². The van der Waals surface area contributed by atoms with Crippen molar-refractivity contribution in [2.45, 2.75) is 12.5 Å². The van der Waals surface area contributed by atoms with Gasteiger partial charge >= 0.3 is 6.09 Å². The molecule has 1 aliphatic rings. The van der Waals surface area contributed by atoms with Gasteiger partial charge in [0.15, 0.2) is 9.84 Å². The van der Waals surface area contributed by atoms with Gasteiger partial charge in [-0.15, -0.1) is 23.2 Å². The van der Waals surface area contributed by atoms with Gasteiger partial charge in [0.25, 0.3) is 0 Å². The average Bonchev–Trinajstić information content (AvgIpc) is 2.63. The Balaban J connectivity index is 2.25. The van der Waals surface area contributed by atoms with Crippen molar-refractivity contribution >= 4 is 39.1 Å². The zero-order valence-electron chi connectivity index (χ0n) is 9.19. The fraction of sp³-hybridized carbons (Fsp3) is 0.889. The van der Waals surface area contributed by atoms with E-state index in [1.165, 1.54) is 0 Å². The maximum absolute atomic E-state index is 11.3. The van der Waals surface area contributed by atoms with E-state index >= 15 is 0 Å². The molecule has 1 rings (SSSR count). The van der Waals surface area contributed by atoms with E-state index in [0.717, 1.165) is 0 Å². The van der Waals surface area contributed by atoms with Gasteiger partial charge in [-0.05, 0) is 12.3 Å². The molecule has 5 nitrogen and oxygen atoms in total. The van der Waals surface area contributed by atoms with Crippen LogP contribution in [0, 0.1) is 5.92 Å². The lowest BCUT2D eigenvalue weighted by Gasteiger charge is -2.14. The van der Waals surface area contributed by atoms with Gasteiger partial charge in [-0.25, -0.2) is 13.2 Å². The highest BCUT2D eigenvalue weighted by molar-refractivity contribution is 7.91. The molecule has 1 N–H and O–H groups in total. The first-order valence-electron chi connectivity index (χ1n) is 5.23. The molecule has 0 radical (unpaired) electrons. The van der Waals surface area contributed by atoms with Crippen molar-refractivity contribution in [3.05, 3.63) is 0 Å². The zero-order chi connectivity index (χ0) is 12.9. The molecule has 0 spiro atoms. The second-order valence-corrected chi connectivity index (χ2v) is 6.83. The number of nitrogens with one attached hydrogen (secondary N) is 1. The number of carbonyl (C=O) groups excluding carboxylic acids is 1. The molecule has 1 saturated heterocycles. The van der Waals surface area contributed by atoms with E-state index in [9.17, 15) is 13.2 Å².